The number of unbranched alkanes of at least 4 members (excludes halogenated alkanes) is 1. The van der Waals surface area contributed by atoms with Gasteiger partial charge < -0.3 is 10.5 Å². The summed E-state index contributed by atoms with van der Waals surface area (Å²) in [6, 6.07) is 4.27. The Morgan fingerprint density at radius 1 is 1.18 bits per heavy atom. The Balaban J connectivity index is 2.44. The molecule has 1 aromatic rings. The Bertz CT molecular complexity index is 376. The fraction of sp³-hybridized carbons (Fsp3) is 0.500. The first-order valence-corrected chi connectivity index (χ1v) is 6.04. The number of benzene rings is 1. The molecule has 0 aliphatic rings. The molecule has 0 heterocycles. The van der Waals surface area contributed by atoms with Crippen molar-refractivity contribution in [3.63, 3.8) is 0 Å². The molecular formula is C14H22N2O. The van der Waals surface area contributed by atoms with Crippen LogP contribution in [0.5, 0.6) is 5.75 Å². The number of ether oxygens (including phenoxy) is 1. The van der Waals surface area contributed by atoms with Gasteiger partial charge in [0, 0.05) is 6.42 Å². The predicted molar refractivity (Wildman–Crippen MR) is 71.9 cm³/mol. The quantitative estimate of drug-likeness (QED) is 0.451. The van der Waals surface area contributed by atoms with Crippen LogP contribution in [0.25, 0.3) is 0 Å². The third kappa shape index (κ3) is 4.47. The van der Waals surface area contributed by atoms with E-state index < -0.39 is 0 Å². The van der Waals surface area contributed by atoms with E-state index in [-0.39, 0.29) is 5.84 Å². The van der Waals surface area contributed by atoms with Crippen LogP contribution in [0.15, 0.2) is 12.1 Å². The third-order valence-corrected chi connectivity index (χ3v) is 2.69. The minimum atomic E-state index is 0.257. The van der Waals surface area contributed by atoms with Gasteiger partial charge in [-0.2, -0.15) is 0 Å². The van der Waals surface area contributed by atoms with Gasteiger partial charge in [-0.15, -0.1) is 0 Å². The molecule has 1 aromatic carbocycles. The molecule has 0 saturated heterocycles. The maximum atomic E-state index is 7.12. The second-order valence-electron chi connectivity index (χ2n) is 4.56. The maximum absolute atomic E-state index is 7.12. The van der Waals surface area contributed by atoms with Gasteiger partial charge in [-0.05, 0) is 44.7 Å². The summed E-state index contributed by atoms with van der Waals surface area (Å²) in [7, 11) is 0. The molecule has 0 unspecified atom stereocenters. The molecule has 0 aromatic heterocycles. The fourth-order valence-electron chi connectivity index (χ4n) is 1.99. The Kier molecular flexibility index (Phi) is 5.01. The second-order valence-corrected chi connectivity index (χ2v) is 4.56. The molecule has 0 aliphatic carbocycles. The summed E-state index contributed by atoms with van der Waals surface area (Å²) in [6.07, 6.45) is 2.51. The number of amidine groups is 1. The van der Waals surface area contributed by atoms with Crippen molar-refractivity contribution in [1.82, 2.24) is 0 Å². The number of nitrogens with one attached hydrogen (secondary N) is 1. The van der Waals surface area contributed by atoms with Crippen LogP contribution >= 0.6 is 0 Å². The second kappa shape index (κ2) is 6.28. The van der Waals surface area contributed by atoms with E-state index in [0.717, 1.165) is 18.6 Å². The highest BCUT2D eigenvalue weighted by atomic mass is 16.5. The van der Waals surface area contributed by atoms with Crippen molar-refractivity contribution in [1.29, 1.82) is 5.41 Å². The van der Waals surface area contributed by atoms with Crippen molar-refractivity contribution >= 4 is 5.84 Å². The lowest BCUT2D eigenvalue weighted by Crippen LogP contribution is -2.09. The molecule has 3 heteroatoms. The van der Waals surface area contributed by atoms with E-state index in [1.807, 2.05) is 0 Å². The molecule has 0 radical (unpaired) electrons. The van der Waals surface area contributed by atoms with E-state index in [1.54, 1.807) is 0 Å². The minimum Gasteiger partial charge on any atom is -0.493 e. The zero-order chi connectivity index (χ0) is 12.8. The smallest absolute Gasteiger partial charge is 0.125 e. The summed E-state index contributed by atoms with van der Waals surface area (Å²) < 4.78 is 5.79. The van der Waals surface area contributed by atoms with Gasteiger partial charge in [0.05, 0.1) is 12.4 Å². The van der Waals surface area contributed by atoms with Gasteiger partial charge in [0.1, 0.15) is 5.75 Å². The average Bonchev–Trinajstić information content (AvgIpc) is 2.20. The van der Waals surface area contributed by atoms with Crippen LogP contribution in [0.4, 0.5) is 0 Å². The standard InChI is InChI=1S/C14H22N2O/c1-10-8-11(2)14(12(3)9-10)17-7-5-4-6-13(15)16/h8-9H,4-7H2,1-3H3,(H3,15,16). The molecule has 0 fully saturated rings. The number of aryl methyl sites for hydroxylation is 3. The molecule has 0 bridgehead atoms. The molecule has 0 amide bonds. The average molecular weight is 234 g/mol. The lowest BCUT2D eigenvalue weighted by molar-refractivity contribution is 0.304. The topological polar surface area (TPSA) is 59.1 Å². The number of hydrogen-bond acceptors (Lipinski definition) is 2. The van der Waals surface area contributed by atoms with Gasteiger partial charge in [-0.1, -0.05) is 17.7 Å². The minimum absolute atomic E-state index is 0.257. The van der Waals surface area contributed by atoms with E-state index >= 15 is 0 Å². The van der Waals surface area contributed by atoms with Crippen LogP contribution in [0.1, 0.15) is 36.0 Å². The molecule has 0 saturated carbocycles. The van der Waals surface area contributed by atoms with Crippen LogP contribution in [0.3, 0.4) is 0 Å². The number of nitrogens with two attached hydrogens (primary N) is 1. The summed E-state index contributed by atoms with van der Waals surface area (Å²) in [5, 5.41) is 7.12. The van der Waals surface area contributed by atoms with Gasteiger partial charge in [-0.3, -0.25) is 5.41 Å². The van der Waals surface area contributed by atoms with E-state index in [1.165, 1.54) is 16.7 Å². The molecule has 0 spiro atoms. The summed E-state index contributed by atoms with van der Waals surface area (Å²) >= 11 is 0. The third-order valence-electron chi connectivity index (χ3n) is 2.69. The fourth-order valence-corrected chi connectivity index (χ4v) is 1.99. The van der Waals surface area contributed by atoms with Crippen molar-refractivity contribution in [3.05, 3.63) is 28.8 Å². The summed E-state index contributed by atoms with van der Waals surface area (Å²) in [5.41, 5.74) is 8.94. The number of hydrogen-bond donors (Lipinski definition) is 2. The van der Waals surface area contributed by atoms with Crippen LogP contribution in [0.2, 0.25) is 0 Å². The van der Waals surface area contributed by atoms with Gasteiger partial charge in [0.25, 0.3) is 0 Å². The zero-order valence-electron chi connectivity index (χ0n) is 11.0. The molecule has 1 rings (SSSR count). The Morgan fingerprint density at radius 3 is 2.29 bits per heavy atom. The first-order valence-electron chi connectivity index (χ1n) is 6.04. The highest BCUT2D eigenvalue weighted by Gasteiger charge is 2.04. The largest absolute Gasteiger partial charge is 0.493 e. The highest BCUT2D eigenvalue weighted by Crippen LogP contribution is 2.24. The van der Waals surface area contributed by atoms with Crippen molar-refractivity contribution in [2.75, 3.05) is 6.61 Å². The molecule has 94 valence electrons. The molecule has 3 N–H and O–H groups in total. The Labute approximate surface area is 103 Å². The normalized spacial score (nSPS) is 10.3. The first-order chi connectivity index (χ1) is 8.00. The summed E-state index contributed by atoms with van der Waals surface area (Å²) in [4.78, 5) is 0. The van der Waals surface area contributed by atoms with Crippen LogP contribution in [0, 0.1) is 26.2 Å². The zero-order valence-corrected chi connectivity index (χ0v) is 11.0. The van der Waals surface area contributed by atoms with Gasteiger partial charge >= 0.3 is 0 Å². The Morgan fingerprint density at radius 2 is 1.76 bits per heavy atom. The van der Waals surface area contributed by atoms with Crippen LogP contribution < -0.4 is 10.5 Å². The summed E-state index contributed by atoms with van der Waals surface area (Å²) in [5.74, 6) is 1.26. The lowest BCUT2D eigenvalue weighted by Gasteiger charge is -2.13. The van der Waals surface area contributed by atoms with E-state index in [2.05, 4.69) is 32.9 Å². The van der Waals surface area contributed by atoms with E-state index in [4.69, 9.17) is 15.9 Å². The van der Waals surface area contributed by atoms with Gasteiger partial charge in [0.2, 0.25) is 0 Å². The van der Waals surface area contributed by atoms with Crippen LogP contribution in [-0.2, 0) is 0 Å². The first kappa shape index (κ1) is 13.6. The summed E-state index contributed by atoms with van der Waals surface area (Å²) in [6.45, 7) is 6.93. The predicted octanol–water partition coefficient (Wildman–Crippen LogP) is 3.10. The van der Waals surface area contributed by atoms with Gasteiger partial charge in [0.15, 0.2) is 0 Å². The van der Waals surface area contributed by atoms with Crippen molar-refractivity contribution in [3.8, 4) is 5.75 Å². The molecular weight excluding hydrogens is 212 g/mol. The van der Waals surface area contributed by atoms with Crippen LogP contribution in [-0.4, -0.2) is 12.4 Å². The molecule has 3 nitrogen and oxygen atoms in total. The highest BCUT2D eigenvalue weighted by molar-refractivity contribution is 5.76. The molecule has 0 aliphatic heterocycles. The monoisotopic (exact) mass is 234 g/mol. The lowest BCUT2D eigenvalue weighted by atomic mass is 10.1. The molecule has 0 atom stereocenters. The van der Waals surface area contributed by atoms with Crippen molar-refractivity contribution < 1.29 is 4.74 Å². The number of rotatable bonds is 6. The van der Waals surface area contributed by atoms with Gasteiger partial charge in [-0.25, -0.2) is 0 Å². The SMILES string of the molecule is Cc1cc(C)c(OCCCCC(=N)N)c(C)c1. The maximum Gasteiger partial charge on any atom is 0.125 e. The Hall–Kier alpha value is -1.51. The molecule has 17 heavy (non-hydrogen) atoms. The van der Waals surface area contributed by atoms with Crippen molar-refractivity contribution in [2.45, 2.75) is 40.0 Å². The van der Waals surface area contributed by atoms with Crippen molar-refractivity contribution in [2.24, 2.45) is 5.73 Å². The van der Waals surface area contributed by atoms with E-state index in [0.29, 0.717) is 13.0 Å². The van der Waals surface area contributed by atoms with E-state index in [9.17, 15) is 0 Å².